The molecule has 5 heteroatoms. The van der Waals surface area contributed by atoms with Crippen LogP contribution in [-0.2, 0) is 16.1 Å². The molecular weight excluding hydrogens is 184 g/mol. The summed E-state index contributed by atoms with van der Waals surface area (Å²) in [6.45, 7) is 0.306. The van der Waals surface area contributed by atoms with E-state index in [-0.39, 0.29) is 0 Å². The zero-order chi connectivity index (χ0) is 10.4. The number of aromatic nitrogens is 1. The molecule has 0 fully saturated rings. The summed E-state index contributed by atoms with van der Waals surface area (Å²) in [7, 11) is 0. The van der Waals surface area contributed by atoms with Crippen molar-refractivity contribution in [3.8, 4) is 0 Å². The van der Waals surface area contributed by atoms with Gasteiger partial charge in [-0.3, -0.25) is 14.6 Å². The highest BCUT2D eigenvalue weighted by Gasteiger charge is 2.06. The van der Waals surface area contributed by atoms with Crippen LogP contribution in [0, 0.1) is 0 Å². The Hall–Kier alpha value is -1.91. The van der Waals surface area contributed by atoms with Crippen molar-refractivity contribution in [2.45, 2.75) is 13.0 Å². The SMILES string of the molecule is O=C(O)CC(=O)NCc1cccnc1. The summed E-state index contributed by atoms with van der Waals surface area (Å²) in [6.07, 6.45) is 2.74. The highest BCUT2D eigenvalue weighted by molar-refractivity contribution is 5.93. The molecule has 5 nitrogen and oxygen atoms in total. The van der Waals surface area contributed by atoms with Crippen LogP contribution in [0.15, 0.2) is 24.5 Å². The lowest BCUT2D eigenvalue weighted by molar-refractivity contribution is -0.140. The molecule has 1 amide bonds. The van der Waals surface area contributed by atoms with E-state index in [0.29, 0.717) is 6.54 Å². The maximum absolute atomic E-state index is 10.9. The van der Waals surface area contributed by atoms with E-state index in [9.17, 15) is 9.59 Å². The van der Waals surface area contributed by atoms with Crippen molar-refractivity contribution in [3.05, 3.63) is 30.1 Å². The zero-order valence-corrected chi connectivity index (χ0v) is 7.43. The van der Waals surface area contributed by atoms with Gasteiger partial charge in [0.25, 0.3) is 0 Å². The lowest BCUT2D eigenvalue weighted by Crippen LogP contribution is -2.25. The molecule has 0 atom stereocenters. The summed E-state index contributed by atoms with van der Waals surface area (Å²) in [5.41, 5.74) is 0.839. The van der Waals surface area contributed by atoms with Gasteiger partial charge in [-0.05, 0) is 11.6 Å². The summed E-state index contributed by atoms with van der Waals surface area (Å²) < 4.78 is 0. The van der Waals surface area contributed by atoms with E-state index in [0.717, 1.165) is 5.56 Å². The third-order valence-corrected chi connectivity index (χ3v) is 1.52. The van der Waals surface area contributed by atoms with Gasteiger partial charge in [0.15, 0.2) is 0 Å². The van der Waals surface area contributed by atoms with Gasteiger partial charge in [0.1, 0.15) is 6.42 Å². The Labute approximate surface area is 80.8 Å². The minimum atomic E-state index is -1.13. The van der Waals surface area contributed by atoms with E-state index in [2.05, 4.69) is 10.3 Å². The molecule has 0 saturated heterocycles. The molecule has 0 aromatic carbocycles. The molecule has 1 aromatic rings. The molecule has 0 spiro atoms. The fourth-order valence-corrected chi connectivity index (χ4v) is 0.903. The molecule has 0 saturated carbocycles. The summed E-state index contributed by atoms with van der Waals surface area (Å²) >= 11 is 0. The molecule has 0 bridgehead atoms. The fourth-order valence-electron chi connectivity index (χ4n) is 0.903. The molecule has 1 heterocycles. The average Bonchev–Trinajstić information content (AvgIpc) is 2.15. The van der Waals surface area contributed by atoms with Crippen molar-refractivity contribution in [1.29, 1.82) is 0 Å². The first-order chi connectivity index (χ1) is 6.68. The van der Waals surface area contributed by atoms with Gasteiger partial charge in [-0.1, -0.05) is 6.07 Å². The molecule has 0 radical (unpaired) electrons. The Kier molecular flexibility index (Phi) is 3.60. The number of nitrogens with one attached hydrogen (secondary N) is 1. The molecule has 74 valence electrons. The topological polar surface area (TPSA) is 79.3 Å². The summed E-state index contributed by atoms with van der Waals surface area (Å²) in [6, 6.07) is 3.55. The Bertz CT molecular complexity index is 324. The second kappa shape index (κ2) is 4.96. The molecule has 0 aliphatic rings. The third kappa shape index (κ3) is 3.66. The van der Waals surface area contributed by atoms with Gasteiger partial charge >= 0.3 is 5.97 Å². The van der Waals surface area contributed by atoms with Crippen LogP contribution in [0.5, 0.6) is 0 Å². The molecule has 2 N–H and O–H groups in total. The summed E-state index contributed by atoms with van der Waals surface area (Å²) in [5.74, 6) is -1.63. The number of aliphatic carboxylic acids is 1. The van der Waals surface area contributed by atoms with Crippen LogP contribution in [0.2, 0.25) is 0 Å². The maximum Gasteiger partial charge on any atom is 0.312 e. The Morgan fingerprint density at radius 1 is 1.50 bits per heavy atom. The largest absolute Gasteiger partial charge is 0.481 e. The number of carbonyl (C=O) groups excluding carboxylic acids is 1. The Morgan fingerprint density at radius 2 is 2.29 bits per heavy atom. The van der Waals surface area contributed by atoms with Crippen LogP contribution in [-0.4, -0.2) is 22.0 Å². The van der Waals surface area contributed by atoms with Crippen molar-refractivity contribution in [1.82, 2.24) is 10.3 Å². The minimum absolute atomic E-state index is 0.306. The quantitative estimate of drug-likeness (QED) is 0.670. The third-order valence-electron chi connectivity index (χ3n) is 1.52. The number of amides is 1. The normalized spacial score (nSPS) is 9.43. The van der Waals surface area contributed by atoms with E-state index < -0.39 is 18.3 Å². The summed E-state index contributed by atoms with van der Waals surface area (Å²) in [5, 5.41) is 10.8. The van der Waals surface area contributed by atoms with Crippen LogP contribution < -0.4 is 5.32 Å². The van der Waals surface area contributed by atoms with Crippen LogP contribution in [0.4, 0.5) is 0 Å². The Morgan fingerprint density at radius 3 is 2.86 bits per heavy atom. The van der Waals surface area contributed by atoms with Crippen LogP contribution in [0.1, 0.15) is 12.0 Å². The minimum Gasteiger partial charge on any atom is -0.481 e. The van der Waals surface area contributed by atoms with Gasteiger partial charge in [0.05, 0.1) is 0 Å². The molecule has 0 aliphatic carbocycles. The lowest BCUT2D eigenvalue weighted by atomic mass is 10.3. The van der Waals surface area contributed by atoms with E-state index in [1.165, 1.54) is 0 Å². The number of hydrogen-bond donors (Lipinski definition) is 2. The van der Waals surface area contributed by atoms with Crippen molar-refractivity contribution in [2.75, 3.05) is 0 Å². The van der Waals surface area contributed by atoms with E-state index in [4.69, 9.17) is 5.11 Å². The standard InChI is InChI=1S/C9H10N2O3/c12-8(4-9(13)14)11-6-7-2-1-3-10-5-7/h1-3,5H,4,6H2,(H,11,12)(H,13,14). The summed E-state index contributed by atoms with van der Waals surface area (Å²) in [4.78, 5) is 24.9. The maximum atomic E-state index is 10.9. The van der Waals surface area contributed by atoms with Crippen LogP contribution in [0.3, 0.4) is 0 Å². The number of carboxylic acid groups (broad SMARTS) is 1. The molecule has 0 aliphatic heterocycles. The van der Waals surface area contributed by atoms with Crippen molar-refractivity contribution >= 4 is 11.9 Å². The number of rotatable bonds is 4. The second-order valence-electron chi connectivity index (χ2n) is 2.71. The molecular formula is C9H10N2O3. The van der Waals surface area contributed by atoms with Gasteiger partial charge in [0.2, 0.25) is 5.91 Å². The second-order valence-corrected chi connectivity index (χ2v) is 2.71. The molecule has 0 unspecified atom stereocenters. The average molecular weight is 194 g/mol. The predicted octanol–water partition coefficient (Wildman–Crippen LogP) is 0.172. The van der Waals surface area contributed by atoms with Gasteiger partial charge in [-0.15, -0.1) is 0 Å². The van der Waals surface area contributed by atoms with E-state index in [1.807, 2.05) is 0 Å². The van der Waals surface area contributed by atoms with Crippen molar-refractivity contribution < 1.29 is 14.7 Å². The first-order valence-corrected chi connectivity index (χ1v) is 4.06. The fraction of sp³-hybridized carbons (Fsp3) is 0.222. The lowest BCUT2D eigenvalue weighted by Gasteiger charge is -2.02. The van der Waals surface area contributed by atoms with Gasteiger partial charge in [-0.25, -0.2) is 0 Å². The number of nitrogens with zero attached hydrogens (tertiary/aromatic N) is 1. The molecule has 1 rings (SSSR count). The van der Waals surface area contributed by atoms with Gasteiger partial charge < -0.3 is 10.4 Å². The van der Waals surface area contributed by atoms with Crippen molar-refractivity contribution in [3.63, 3.8) is 0 Å². The first kappa shape index (κ1) is 10.2. The number of hydrogen-bond acceptors (Lipinski definition) is 3. The van der Waals surface area contributed by atoms with Crippen molar-refractivity contribution in [2.24, 2.45) is 0 Å². The van der Waals surface area contributed by atoms with Crippen LogP contribution in [0.25, 0.3) is 0 Å². The predicted molar refractivity (Wildman–Crippen MR) is 48.3 cm³/mol. The highest BCUT2D eigenvalue weighted by Crippen LogP contribution is 1.94. The monoisotopic (exact) mass is 194 g/mol. The molecule has 14 heavy (non-hydrogen) atoms. The Balaban J connectivity index is 2.34. The smallest absolute Gasteiger partial charge is 0.312 e. The number of carboxylic acids is 1. The number of carbonyl (C=O) groups is 2. The highest BCUT2D eigenvalue weighted by atomic mass is 16.4. The zero-order valence-electron chi connectivity index (χ0n) is 7.43. The van der Waals surface area contributed by atoms with Gasteiger partial charge in [-0.2, -0.15) is 0 Å². The van der Waals surface area contributed by atoms with Crippen LogP contribution >= 0.6 is 0 Å². The van der Waals surface area contributed by atoms with E-state index in [1.54, 1.807) is 24.5 Å². The molecule has 1 aromatic heterocycles. The number of pyridine rings is 1. The first-order valence-electron chi connectivity index (χ1n) is 4.06. The van der Waals surface area contributed by atoms with Gasteiger partial charge in [0, 0.05) is 18.9 Å². The van der Waals surface area contributed by atoms with E-state index >= 15 is 0 Å².